The van der Waals surface area contributed by atoms with Crippen molar-refractivity contribution in [1.29, 1.82) is 0 Å². The van der Waals surface area contributed by atoms with Crippen molar-refractivity contribution in [3.8, 4) is 0 Å². The number of nitrogens with zero attached hydrogens (tertiary/aromatic N) is 2. The smallest absolute Gasteiger partial charge is 0.0925 e. The molecule has 1 aromatic heterocycles. The van der Waals surface area contributed by atoms with Crippen molar-refractivity contribution in [1.82, 2.24) is 15.3 Å². The third-order valence-corrected chi connectivity index (χ3v) is 4.16. The van der Waals surface area contributed by atoms with Crippen LogP contribution in [0.3, 0.4) is 0 Å². The summed E-state index contributed by atoms with van der Waals surface area (Å²) in [5.74, 6) is 0. The van der Waals surface area contributed by atoms with E-state index in [4.69, 9.17) is 0 Å². The Morgan fingerprint density at radius 3 is 2.95 bits per heavy atom. The third-order valence-electron chi connectivity index (χ3n) is 4.16. The lowest BCUT2D eigenvalue weighted by Gasteiger charge is -2.31. The molecule has 112 valence electrons. The molecule has 0 spiro atoms. The summed E-state index contributed by atoms with van der Waals surface area (Å²) in [4.78, 5) is 10.1. The van der Waals surface area contributed by atoms with Crippen LogP contribution in [0, 0.1) is 0 Å². The molecule has 4 nitrogen and oxygen atoms in total. The number of aromatic amines is 1. The fourth-order valence-electron chi connectivity index (χ4n) is 2.94. The van der Waals surface area contributed by atoms with Crippen molar-refractivity contribution >= 4 is 5.69 Å². The Hall–Kier alpha value is -1.81. The summed E-state index contributed by atoms with van der Waals surface area (Å²) in [6.07, 6.45) is 5.27. The number of H-pyrrole nitrogens is 1. The number of benzene rings is 1. The Labute approximate surface area is 126 Å². The van der Waals surface area contributed by atoms with E-state index < -0.39 is 0 Å². The van der Waals surface area contributed by atoms with Gasteiger partial charge in [0.2, 0.25) is 0 Å². The van der Waals surface area contributed by atoms with Crippen LogP contribution in [0.1, 0.15) is 31.2 Å². The zero-order chi connectivity index (χ0) is 14.5. The molecule has 0 saturated heterocycles. The Morgan fingerprint density at radius 1 is 1.29 bits per heavy atom. The zero-order valence-electron chi connectivity index (χ0n) is 12.7. The molecule has 1 unspecified atom stereocenters. The van der Waals surface area contributed by atoms with E-state index in [1.165, 1.54) is 29.9 Å². The van der Waals surface area contributed by atoms with Crippen molar-refractivity contribution in [3.63, 3.8) is 0 Å². The summed E-state index contributed by atoms with van der Waals surface area (Å²) in [6.45, 7) is 5.30. The highest BCUT2D eigenvalue weighted by molar-refractivity contribution is 5.46. The van der Waals surface area contributed by atoms with Crippen LogP contribution in [0.4, 0.5) is 5.69 Å². The number of rotatable bonds is 6. The van der Waals surface area contributed by atoms with Gasteiger partial charge in [-0.1, -0.05) is 31.5 Å². The average Bonchev–Trinajstić information content (AvgIpc) is 3.00. The molecule has 1 aliphatic heterocycles. The summed E-state index contributed by atoms with van der Waals surface area (Å²) < 4.78 is 0. The van der Waals surface area contributed by atoms with E-state index in [-0.39, 0.29) is 0 Å². The van der Waals surface area contributed by atoms with Crippen LogP contribution in [0.15, 0.2) is 36.7 Å². The van der Waals surface area contributed by atoms with Gasteiger partial charge in [-0.25, -0.2) is 4.98 Å². The highest BCUT2D eigenvalue weighted by Crippen LogP contribution is 2.18. The van der Waals surface area contributed by atoms with Gasteiger partial charge in [0, 0.05) is 37.8 Å². The summed E-state index contributed by atoms with van der Waals surface area (Å²) in [7, 11) is 0. The molecule has 1 atom stereocenters. The predicted octanol–water partition coefficient (Wildman–Crippen LogP) is 2.73. The lowest BCUT2D eigenvalue weighted by Crippen LogP contribution is -2.45. The van der Waals surface area contributed by atoms with Gasteiger partial charge < -0.3 is 15.2 Å². The molecule has 0 bridgehead atoms. The molecule has 0 saturated carbocycles. The van der Waals surface area contributed by atoms with Crippen LogP contribution >= 0.6 is 0 Å². The van der Waals surface area contributed by atoms with Crippen LogP contribution in [-0.2, 0) is 13.0 Å². The van der Waals surface area contributed by atoms with Gasteiger partial charge in [-0.3, -0.25) is 0 Å². The maximum atomic E-state index is 4.44. The second-order valence-electron chi connectivity index (χ2n) is 5.74. The molecule has 2 N–H and O–H groups in total. The lowest BCUT2D eigenvalue weighted by atomic mass is 10.0. The fraction of sp³-hybridized carbons (Fsp3) is 0.471. The number of unbranched alkanes of at least 4 members (excludes halogenated alkanes) is 1. The quantitative estimate of drug-likeness (QED) is 0.857. The number of hydrogen-bond donors (Lipinski definition) is 2. The molecule has 4 heteroatoms. The van der Waals surface area contributed by atoms with Gasteiger partial charge >= 0.3 is 0 Å². The van der Waals surface area contributed by atoms with Gasteiger partial charge in [-0.05, 0) is 18.6 Å². The number of para-hydroxylation sites is 1. The van der Waals surface area contributed by atoms with E-state index in [1.54, 1.807) is 6.33 Å². The number of nitrogens with one attached hydrogen (secondary N) is 2. The van der Waals surface area contributed by atoms with Crippen LogP contribution in [0.5, 0.6) is 0 Å². The minimum Gasteiger partial charge on any atom is -0.370 e. The highest BCUT2D eigenvalue weighted by atomic mass is 15.2. The molecule has 1 aromatic carbocycles. The van der Waals surface area contributed by atoms with E-state index in [2.05, 4.69) is 57.4 Å². The van der Waals surface area contributed by atoms with Gasteiger partial charge in [0.15, 0.2) is 0 Å². The molecule has 2 heterocycles. The summed E-state index contributed by atoms with van der Waals surface area (Å²) >= 11 is 0. The number of anilines is 1. The minimum atomic E-state index is 0.470. The van der Waals surface area contributed by atoms with E-state index in [9.17, 15) is 0 Å². The van der Waals surface area contributed by atoms with Gasteiger partial charge in [-0.15, -0.1) is 0 Å². The van der Waals surface area contributed by atoms with E-state index in [1.807, 2.05) is 0 Å². The first-order chi connectivity index (χ1) is 10.4. The maximum Gasteiger partial charge on any atom is 0.0925 e. The number of imidazole rings is 1. The molecule has 0 radical (unpaired) electrons. The van der Waals surface area contributed by atoms with Gasteiger partial charge in [0.25, 0.3) is 0 Å². The van der Waals surface area contributed by atoms with Gasteiger partial charge in [-0.2, -0.15) is 0 Å². The fourth-order valence-corrected chi connectivity index (χ4v) is 2.94. The second kappa shape index (κ2) is 6.76. The molecule has 0 aliphatic carbocycles. The van der Waals surface area contributed by atoms with E-state index in [0.29, 0.717) is 6.04 Å². The van der Waals surface area contributed by atoms with Crippen LogP contribution < -0.4 is 10.2 Å². The molecular weight excluding hydrogens is 260 g/mol. The first kappa shape index (κ1) is 14.1. The summed E-state index contributed by atoms with van der Waals surface area (Å²) in [5, 5.41) is 3.63. The largest absolute Gasteiger partial charge is 0.370 e. The summed E-state index contributed by atoms with van der Waals surface area (Å²) in [5.41, 5.74) is 3.79. The first-order valence-corrected chi connectivity index (χ1v) is 7.91. The highest BCUT2D eigenvalue weighted by Gasteiger charge is 2.22. The van der Waals surface area contributed by atoms with Crippen LogP contribution in [0.25, 0.3) is 0 Å². The zero-order valence-corrected chi connectivity index (χ0v) is 12.7. The van der Waals surface area contributed by atoms with Crippen molar-refractivity contribution in [2.75, 3.05) is 18.0 Å². The third kappa shape index (κ3) is 3.45. The SMILES string of the molecule is CCCCN(CC1Cc2nc[nH]c2CN1)c1ccccc1. The van der Waals surface area contributed by atoms with Crippen molar-refractivity contribution < 1.29 is 0 Å². The van der Waals surface area contributed by atoms with Gasteiger partial charge in [0.1, 0.15) is 0 Å². The number of hydrogen-bond acceptors (Lipinski definition) is 3. The Morgan fingerprint density at radius 2 is 2.14 bits per heavy atom. The van der Waals surface area contributed by atoms with Crippen molar-refractivity contribution in [3.05, 3.63) is 48.0 Å². The molecule has 0 fully saturated rings. The Kier molecular flexibility index (Phi) is 4.55. The molecule has 3 rings (SSSR count). The molecule has 1 aliphatic rings. The van der Waals surface area contributed by atoms with Crippen molar-refractivity contribution in [2.45, 2.75) is 38.8 Å². The van der Waals surface area contributed by atoms with Crippen LogP contribution in [0.2, 0.25) is 0 Å². The number of fused-ring (bicyclic) bond motifs is 1. The molecule has 0 amide bonds. The average molecular weight is 284 g/mol. The standard InChI is InChI=1S/C17H24N4/c1-2-3-9-21(15-7-5-4-6-8-15)12-14-10-16-17(11-18-14)20-13-19-16/h4-8,13-14,18H,2-3,9-12H2,1H3,(H,19,20). The molecule has 21 heavy (non-hydrogen) atoms. The topological polar surface area (TPSA) is 44.0 Å². The summed E-state index contributed by atoms with van der Waals surface area (Å²) in [6, 6.07) is 11.2. The monoisotopic (exact) mass is 284 g/mol. The van der Waals surface area contributed by atoms with Crippen molar-refractivity contribution in [2.24, 2.45) is 0 Å². The predicted molar refractivity (Wildman–Crippen MR) is 86.5 cm³/mol. The maximum absolute atomic E-state index is 4.44. The Balaban J connectivity index is 1.67. The number of aromatic nitrogens is 2. The Bertz CT molecular complexity index is 549. The lowest BCUT2D eigenvalue weighted by molar-refractivity contribution is 0.462. The van der Waals surface area contributed by atoms with E-state index in [0.717, 1.165) is 26.1 Å². The van der Waals surface area contributed by atoms with E-state index >= 15 is 0 Å². The molecular formula is C17H24N4. The minimum absolute atomic E-state index is 0.470. The second-order valence-corrected chi connectivity index (χ2v) is 5.74. The van der Waals surface area contributed by atoms with Gasteiger partial charge in [0.05, 0.1) is 17.7 Å². The first-order valence-electron chi connectivity index (χ1n) is 7.91. The molecule has 2 aromatic rings. The normalized spacial score (nSPS) is 17.5. The van der Waals surface area contributed by atoms with Crippen LogP contribution in [-0.4, -0.2) is 29.1 Å².